The largest absolute Gasteiger partial charge is 0.497 e. The molecule has 0 radical (unpaired) electrons. The predicted octanol–water partition coefficient (Wildman–Crippen LogP) is 1.37. The molecule has 1 heterocycles. The van der Waals surface area contributed by atoms with Crippen molar-refractivity contribution in [2.45, 2.75) is 6.42 Å². The van der Waals surface area contributed by atoms with Gasteiger partial charge in [-0.15, -0.1) is 0 Å². The van der Waals surface area contributed by atoms with Gasteiger partial charge in [0, 0.05) is 18.8 Å². The Morgan fingerprint density at radius 3 is 2.56 bits per heavy atom. The number of benzene rings is 1. The van der Waals surface area contributed by atoms with Crippen LogP contribution in [0.1, 0.15) is 11.1 Å². The molecule has 4 nitrogen and oxygen atoms in total. The fourth-order valence-corrected chi connectivity index (χ4v) is 1.45. The number of rotatable bonds is 3. The van der Waals surface area contributed by atoms with Crippen molar-refractivity contribution in [2.24, 2.45) is 0 Å². The Bertz CT molecular complexity index is 497. The lowest BCUT2D eigenvalue weighted by Crippen LogP contribution is -2.09. The van der Waals surface area contributed by atoms with E-state index < -0.39 is 0 Å². The summed E-state index contributed by atoms with van der Waals surface area (Å²) in [5, 5.41) is 0. The van der Waals surface area contributed by atoms with E-state index in [9.17, 15) is 4.79 Å². The van der Waals surface area contributed by atoms with Crippen LogP contribution in [0.3, 0.4) is 0 Å². The minimum atomic E-state index is -0.321. The molecule has 0 aliphatic heterocycles. The van der Waals surface area contributed by atoms with Crippen LogP contribution in [0.15, 0.2) is 41.5 Å². The Hall–Kier alpha value is -2.10. The summed E-state index contributed by atoms with van der Waals surface area (Å²) in [6.45, 7) is 0. The summed E-state index contributed by atoms with van der Waals surface area (Å²) in [6.07, 6.45) is 4.01. The maximum atomic E-state index is 10.8. The Morgan fingerprint density at radius 2 is 2.00 bits per heavy atom. The molecule has 16 heavy (non-hydrogen) atoms. The lowest BCUT2D eigenvalue weighted by atomic mass is 10.1. The van der Waals surface area contributed by atoms with E-state index in [4.69, 9.17) is 4.74 Å². The SMILES string of the molecule is COc1ccc(Cc2cnc(=O)[nH]c2)cc1. The number of ether oxygens (including phenoxy) is 1. The Balaban J connectivity index is 2.14. The molecule has 0 saturated heterocycles. The molecule has 0 amide bonds. The fourth-order valence-electron chi connectivity index (χ4n) is 1.45. The molecule has 0 atom stereocenters. The van der Waals surface area contributed by atoms with Crippen molar-refractivity contribution in [3.63, 3.8) is 0 Å². The van der Waals surface area contributed by atoms with Gasteiger partial charge in [0.15, 0.2) is 0 Å². The van der Waals surface area contributed by atoms with Crippen LogP contribution >= 0.6 is 0 Å². The first-order valence-corrected chi connectivity index (χ1v) is 4.94. The highest BCUT2D eigenvalue weighted by Gasteiger charge is 1.97. The predicted molar refractivity (Wildman–Crippen MR) is 60.7 cm³/mol. The smallest absolute Gasteiger partial charge is 0.344 e. The third-order valence-electron chi connectivity index (χ3n) is 2.30. The normalized spacial score (nSPS) is 10.1. The zero-order chi connectivity index (χ0) is 11.4. The van der Waals surface area contributed by atoms with E-state index in [1.54, 1.807) is 19.5 Å². The van der Waals surface area contributed by atoms with Gasteiger partial charge in [0.25, 0.3) is 0 Å². The summed E-state index contributed by atoms with van der Waals surface area (Å²) in [5.41, 5.74) is 1.80. The molecule has 0 fully saturated rings. The van der Waals surface area contributed by atoms with Crippen molar-refractivity contribution in [1.29, 1.82) is 0 Å². The van der Waals surface area contributed by atoms with E-state index in [0.29, 0.717) is 0 Å². The molecule has 0 aliphatic carbocycles. The highest BCUT2D eigenvalue weighted by atomic mass is 16.5. The maximum Gasteiger partial charge on any atom is 0.344 e. The standard InChI is InChI=1S/C12H12N2O2/c1-16-11-4-2-9(3-5-11)6-10-7-13-12(15)14-8-10/h2-5,7-8H,6H2,1H3,(H,13,14,15). The molecular weight excluding hydrogens is 204 g/mol. The first-order chi connectivity index (χ1) is 7.78. The van der Waals surface area contributed by atoms with Crippen LogP contribution in [0.5, 0.6) is 5.75 Å². The molecule has 2 rings (SSSR count). The van der Waals surface area contributed by atoms with E-state index in [-0.39, 0.29) is 5.69 Å². The van der Waals surface area contributed by atoms with Crippen molar-refractivity contribution >= 4 is 0 Å². The first-order valence-electron chi connectivity index (χ1n) is 4.94. The fraction of sp³-hybridized carbons (Fsp3) is 0.167. The Kier molecular flexibility index (Phi) is 3.00. The monoisotopic (exact) mass is 216 g/mol. The summed E-state index contributed by atoms with van der Waals surface area (Å²) >= 11 is 0. The lowest BCUT2D eigenvalue weighted by Gasteiger charge is -2.02. The molecule has 0 unspecified atom stereocenters. The topological polar surface area (TPSA) is 55.0 Å². The van der Waals surface area contributed by atoms with Gasteiger partial charge in [-0.1, -0.05) is 12.1 Å². The quantitative estimate of drug-likeness (QED) is 0.843. The minimum Gasteiger partial charge on any atom is -0.497 e. The van der Waals surface area contributed by atoms with Gasteiger partial charge in [0.2, 0.25) is 0 Å². The van der Waals surface area contributed by atoms with Gasteiger partial charge in [0.05, 0.1) is 7.11 Å². The third-order valence-corrected chi connectivity index (χ3v) is 2.30. The average molecular weight is 216 g/mol. The number of H-pyrrole nitrogens is 1. The van der Waals surface area contributed by atoms with Gasteiger partial charge in [-0.25, -0.2) is 9.78 Å². The molecule has 0 aliphatic rings. The number of nitrogens with zero attached hydrogens (tertiary/aromatic N) is 1. The average Bonchev–Trinajstić information content (AvgIpc) is 2.33. The van der Waals surface area contributed by atoms with Gasteiger partial charge in [-0.05, 0) is 23.3 Å². The van der Waals surface area contributed by atoms with Gasteiger partial charge in [-0.2, -0.15) is 0 Å². The number of aromatic amines is 1. The zero-order valence-electron chi connectivity index (χ0n) is 8.93. The van der Waals surface area contributed by atoms with Crippen LogP contribution in [-0.4, -0.2) is 17.1 Å². The van der Waals surface area contributed by atoms with E-state index in [2.05, 4.69) is 9.97 Å². The van der Waals surface area contributed by atoms with Crippen LogP contribution in [0.2, 0.25) is 0 Å². The maximum absolute atomic E-state index is 10.8. The molecule has 1 aromatic heterocycles. The van der Waals surface area contributed by atoms with Crippen LogP contribution in [0, 0.1) is 0 Å². The summed E-state index contributed by atoms with van der Waals surface area (Å²) in [5.74, 6) is 0.836. The first kappa shape index (κ1) is 10.4. The van der Waals surface area contributed by atoms with Crippen LogP contribution in [0.4, 0.5) is 0 Å². The van der Waals surface area contributed by atoms with E-state index in [1.165, 1.54) is 0 Å². The number of hydrogen-bond donors (Lipinski definition) is 1. The Morgan fingerprint density at radius 1 is 1.25 bits per heavy atom. The second kappa shape index (κ2) is 4.61. The number of nitrogens with one attached hydrogen (secondary N) is 1. The zero-order valence-corrected chi connectivity index (χ0v) is 8.93. The number of hydrogen-bond acceptors (Lipinski definition) is 3. The summed E-state index contributed by atoms with van der Waals surface area (Å²) in [6, 6.07) is 7.80. The van der Waals surface area contributed by atoms with Crippen molar-refractivity contribution in [2.75, 3.05) is 7.11 Å². The van der Waals surface area contributed by atoms with Crippen LogP contribution < -0.4 is 10.4 Å². The molecule has 1 aromatic carbocycles. The number of methoxy groups -OCH3 is 1. The molecule has 2 aromatic rings. The summed E-state index contributed by atoms with van der Waals surface area (Å²) in [4.78, 5) is 17.0. The van der Waals surface area contributed by atoms with Crippen molar-refractivity contribution in [3.8, 4) is 5.75 Å². The number of aromatic nitrogens is 2. The summed E-state index contributed by atoms with van der Waals surface area (Å²) < 4.78 is 5.08. The third kappa shape index (κ3) is 2.48. The highest BCUT2D eigenvalue weighted by Crippen LogP contribution is 2.13. The highest BCUT2D eigenvalue weighted by molar-refractivity contribution is 5.30. The molecule has 0 spiro atoms. The van der Waals surface area contributed by atoms with Crippen molar-refractivity contribution < 1.29 is 4.74 Å². The van der Waals surface area contributed by atoms with Gasteiger partial charge < -0.3 is 9.72 Å². The molecule has 1 N–H and O–H groups in total. The van der Waals surface area contributed by atoms with Gasteiger partial charge in [0.1, 0.15) is 5.75 Å². The lowest BCUT2D eigenvalue weighted by molar-refractivity contribution is 0.414. The molecule has 82 valence electrons. The second-order valence-corrected chi connectivity index (χ2v) is 3.45. The van der Waals surface area contributed by atoms with Crippen molar-refractivity contribution in [1.82, 2.24) is 9.97 Å². The second-order valence-electron chi connectivity index (χ2n) is 3.45. The van der Waals surface area contributed by atoms with E-state index >= 15 is 0 Å². The molecule has 0 bridgehead atoms. The minimum absolute atomic E-state index is 0.321. The Labute approximate surface area is 92.9 Å². The molecule has 4 heteroatoms. The molecular formula is C12H12N2O2. The van der Waals surface area contributed by atoms with Crippen LogP contribution in [-0.2, 0) is 6.42 Å². The molecule has 0 saturated carbocycles. The van der Waals surface area contributed by atoms with Gasteiger partial charge >= 0.3 is 5.69 Å². The summed E-state index contributed by atoms with van der Waals surface area (Å²) in [7, 11) is 1.64. The van der Waals surface area contributed by atoms with Gasteiger partial charge in [-0.3, -0.25) is 0 Å². The van der Waals surface area contributed by atoms with Crippen molar-refractivity contribution in [3.05, 3.63) is 58.3 Å². The van der Waals surface area contributed by atoms with Crippen LogP contribution in [0.25, 0.3) is 0 Å². The van der Waals surface area contributed by atoms with E-state index in [1.807, 2.05) is 24.3 Å². The van der Waals surface area contributed by atoms with E-state index in [0.717, 1.165) is 23.3 Å².